The molecule has 0 aliphatic heterocycles. The Labute approximate surface area is 81.6 Å². The van der Waals surface area contributed by atoms with Gasteiger partial charge in [0.15, 0.2) is 0 Å². The second kappa shape index (κ2) is 3.00. The van der Waals surface area contributed by atoms with Crippen LogP contribution >= 0.6 is 11.3 Å². The van der Waals surface area contributed by atoms with E-state index in [0.717, 1.165) is 24.8 Å². The number of hydrogen-bond acceptors (Lipinski definition) is 2. The Morgan fingerprint density at radius 3 is 3.00 bits per heavy atom. The molecular formula is C10H12N2S. The lowest BCUT2D eigenvalue weighted by Crippen LogP contribution is -2.14. The average Bonchev–Trinajstić information content (AvgIpc) is 2.46. The molecule has 1 aliphatic carbocycles. The molecule has 0 saturated heterocycles. The van der Waals surface area contributed by atoms with Crippen LogP contribution in [-0.2, 0) is 12.8 Å². The normalized spacial score (nSPS) is 15.5. The van der Waals surface area contributed by atoms with Gasteiger partial charge in [-0.25, -0.2) is 0 Å². The van der Waals surface area contributed by atoms with E-state index >= 15 is 0 Å². The van der Waals surface area contributed by atoms with Crippen LogP contribution in [0, 0.1) is 5.41 Å². The number of nitrogens with two attached hydrogens (primary N) is 1. The SMILES string of the molecule is C=C1CCc2c(C(=N)N)csc2C1. The molecule has 0 atom stereocenters. The number of nitrogen functional groups attached to an aromatic ring is 1. The first-order valence-corrected chi connectivity index (χ1v) is 5.16. The van der Waals surface area contributed by atoms with Crippen molar-refractivity contribution in [3.05, 3.63) is 33.5 Å². The number of rotatable bonds is 1. The van der Waals surface area contributed by atoms with E-state index in [4.69, 9.17) is 11.1 Å². The van der Waals surface area contributed by atoms with Gasteiger partial charge in [-0.2, -0.15) is 0 Å². The lowest BCUT2D eigenvalue weighted by Gasteiger charge is -2.14. The highest BCUT2D eigenvalue weighted by molar-refractivity contribution is 7.10. The van der Waals surface area contributed by atoms with E-state index in [-0.39, 0.29) is 5.84 Å². The van der Waals surface area contributed by atoms with Crippen molar-refractivity contribution in [1.82, 2.24) is 0 Å². The molecule has 0 amide bonds. The Morgan fingerprint density at radius 2 is 2.31 bits per heavy atom. The Hall–Kier alpha value is -1.09. The van der Waals surface area contributed by atoms with E-state index in [9.17, 15) is 0 Å². The number of nitrogens with one attached hydrogen (secondary N) is 1. The maximum atomic E-state index is 7.40. The summed E-state index contributed by atoms with van der Waals surface area (Å²) >= 11 is 1.70. The lowest BCUT2D eigenvalue weighted by molar-refractivity contribution is 0.855. The molecule has 68 valence electrons. The third-order valence-corrected chi connectivity index (χ3v) is 3.44. The minimum Gasteiger partial charge on any atom is -0.384 e. The molecule has 0 aromatic carbocycles. The molecule has 3 heteroatoms. The van der Waals surface area contributed by atoms with Crippen LogP contribution in [0.15, 0.2) is 17.5 Å². The van der Waals surface area contributed by atoms with Gasteiger partial charge in [-0.15, -0.1) is 11.3 Å². The van der Waals surface area contributed by atoms with Crippen molar-refractivity contribution >= 4 is 17.2 Å². The van der Waals surface area contributed by atoms with Gasteiger partial charge < -0.3 is 5.73 Å². The van der Waals surface area contributed by atoms with Gasteiger partial charge >= 0.3 is 0 Å². The van der Waals surface area contributed by atoms with E-state index in [1.54, 1.807) is 11.3 Å². The molecule has 0 radical (unpaired) electrons. The summed E-state index contributed by atoms with van der Waals surface area (Å²) in [7, 11) is 0. The number of hydrogen-bond donors (Lipinski definition) is 2. The van der Waals surface area contributed by atoms with Gasteiger partial charge in [0.2, 0.25) is 0 Å². The summed E-state index contributed by atoms with van der Waals surface area (Å²) in [5.41, 5.74) is 9.00. The predicted octanol–water partition coefficient (Wildman–Crippen LogP) is 2.08. The molecule has 0 fully saturated rings. The van der Waals surface area contributed by atoms with Gasteiger partial charge in [-0.05, 0) is 18.4 Å². The first kappa shape index (κ1) is 8.51. The predicted molar refractivity (Wildman–Crippen MR) is 56.5 cm³/mol. The molecule has 1 aromatic heterocycles. The van der Waals surface area contributed by atoms with E-state index < -0.39 is 0 Å². The fourth-order valence-electron chi connectivity index (χ4n) is 1.69. The summed E-state index contributed by atoms with van der Waals surface area (Å²) in [5.74, 6) is 0.199. The van der Waals surface area contributed by atoms with Crippen LogP contribution in [-0.4, -0.2) is 5.84 Å². The van der Waals surface area contributed by atoms with E-state index in [1.165, 1.54) is 16.0 Å². The second-order valence-corrected chi connectivity index (χ2v) is 4.36. The summed E-state index contributed by atoms with van der Waals surface area (Å²) in [6.07, 6.45) is 3.03. The van der Waals surface area contributed by atoms with Crippen LogP contribution < -0.4 is 5.73 Å². The van der Waals surface area contributed by atoms with Gasteiger partial charge in [0, 0.05) is 22.2 Å². The fraction of sp³-hybridized carbons (Fsp3) is 0.300. The lowest BCUT2D eigenvalue weighted by atomic mass is 9.92. The Bertz CT molecular complexity index is 376. The average molecular weight is 192 g/mol. The largest absolute Gasteiger partial charge is 0.384 e. The Morgan fingerprint density at radius 1 is 1.54 bits per heavy atom. The van der Waals surface area contributed by atoms with Crippen LogP contribution in [0.25, 0.3) is 0 Å². The van der Waals surface area contributed by atoms with Gasteiger partial charge in [0.05, 0.1) is 0 Å². The number of thiophene rings is 1. The van der Waals surface area contributed by atoms with Crippen molar-refractivity contribution in [1.29, 1.82) is 5.41 Å². The molecule has 0 unspecified atom stereocenters. The van der Waals surface area contributed by atoms with Gasteiger partial charge in [-0.1, -0.05) is 12.2 Å². The quantitative estimate of drug-likeness (QED) is 0.399. The number of fused-ring (bicyclic) bond motifs is 1. The Balaban J connectivity index is 2.44. The van der Waals surface area contributed by atoms with Crippen molar-refractivity contribution < 1.29 is 0 Å². The zero-order chi connectivity index (χ0) is 9.42. The molecule has 1 heterocycles. The molecule has 3 N–H and O–H groups in total. The highest BCUT2D eigenvalue weighted by atomic mass is 32.1. The monoisotopic (exact) mass is 192 g/mol. The van der Waals surface area contributed by atoms with Crippen LogP contribution in [0.5, 0.6) is 0 Å². The Kier molecular flexibility index (Phi) is 1.96. The molecular weight excluding hydrogens is 180 g/mol. The molecule has 13 heavy (non-hydrogen) atoms. The molecule has 2 nitrogen and oxygen atoms in total. The molecule has 0 bridgehead atoms. The van der Waals surface area contributed by atoms with Crippen LogP contribution in [0.3, 0.4) is 0 Å². The second-order valence-electron chi connectivity index (χ2n) is 3.39. The van der Waals surface area contributed by atoms with Gasteiger partial charge in [-0.3, -0.25) is 5.41 Å². The summed E-state index contributed by atoms with van der Waals surface area (Å²) in [6.45, 7) is 3.99. The van der Waals surface area contributed by atoms with E-state index in [0.29, 0.717) is 0 Å². The van der Waals surface area contributed by atoms with Crippen molar-refractivity contribution in [2.75, 3.05) is 0 Å². The smallest absolute Gasteiger partial charge is 0.123 e. The van der Waals surface area contributed by atoms with E-state index in [1.807, 2.05) is 5.38 Å². The molecule has 2 rings (SSSR count). The standard InChI is InChI=1S/C10H12N2S/c1-6-2-3-7-8(10(11)12)5-13-9(7)4-6/h5H,1-4H2,(H3,11,12). The van der Waals surface area contributed by atoms with Crippen molar-refractivity contribution in [2.24, 2.45) is 5.73 Å². The highest BCUT2D eigenvalue weighted by Crippen LogP contribution is 2.31. The molecule has 0 saturated carbocycles. The maximum Gasteiger partial charge on any atom is 0.123 e. The van der Waals surface area contributed by atoms with Crippen molar-refractivity contribution in [3.63, 3.8) is 0 Å². The number of allylic oxidation sites excluding steroid dienone is 1. The fourth-order valence-corrected chi connectivity index (χ4v) is 2.86. The van der Waals surface area contributed by atoms with Gasteiger partial charge in [0.25, 0.3) is 0 Å². The van der Waals surface area contributed by atoms with Crippen molar-refractivity contribution in [3.8, 4) is 0 Å². The third-order valence-electron chi connectivity index (χ3n) is 2.41. The number of amidine groups is 1. The van der Waals surface area contributed by atoms with Crippen molar-refractivity contribution in [2.45, 2.75) is 19.3 Å². The van der Waals surface area contributed by atoms with Gasteiger partial charge in [0.1, 0.15) is 5.84 Å². The third kappa shape index (κ3) is 1.40. The van der Waals surface area contributed by atoms with E-state index in [2.05, 4.69) is 6.58 Å². The minimum absolute atomic E-state index is 0.199. The highest BCUT2D eigenvalue weighted by Gasteiger charge is 2.18. The van der Waals surface area contributed by atoms with Crippen LogP contribution in [0.2, 0.25) is 0 Å². The first-order valence-electron chi connectivity index (χ1n) is 4.28. The van der Waals surface area contributed by atoms with Crippen LogP contribution in [0.1, 0.15) is 22.4 Å². The summed E-state index contributed by atoms with van der Waals surface area (Å²) in [5, 5.41) is 9.40. The topological polar surface area (TPSA) is 49.9 Å². The molecule has 1 aromatic rings. The summed E-state index contributed by atoms with van der Waals surface area (Å²) < 4.78 is 0. The zero-order valence-corrected chi connectivity index (χ0v) is 8.21. The summed E-state index contributed by atoms with van der Waals surface area (Å²) in [4.78, 5) is 1.35. The first-order chi connectivity index (χ1) is 6.18. The minimum atomic E-state index is 0.199. The maximum absolute atomic E-state index is 7.40. The van der Waals surface area contributed by atoms with Crippen LogP contribution in [0.4, 0.5) is 0 Å². The molecule has 0 spiro atoms. The zero-order valence-electron chi connectivity index (χ0n) is 7.39. The summed E-state index contributed by atoms with van der Waals surface area (Å²) in [6, 6.07) is 0. The molecule has 1 aliphatic rings.